The van der Waals surface area contributed by atoms with E-state index in [4.69, 9.17) is 10.2 Å². The van der Waals surface area contributed by atoms with E-state index >= 15 is 0 Å². The van der Waals surface area contributed by atoms with Gasteiger partial charge in [0.1, 0.15) is 0 Å². The van der Waals surface area contributed by atoms with Crippen LogP contribution in [0.3, 0.4) is 0 Å². The molecular weight excluding hydrogens is 100 g/mol. The van der Waals surface area contributed by atoms with Gasteiger partial charge in [-0.05, 0) is 0 Å². The first kappa shape index (κ1) is 6.10. The summed E-state index contributed by atoms with van der Waals surface area (Å²) in [6.07, 6.45) is -1.91. The van der Waals surface area contributed by atoms with Crippen molar-refractivity contribution in [2.24, 2.45) is 0 Å². The zero-order valence-corrected chi connectivity index (χ0v) is 3.37. The molecule has 0 aromatic heterocycles. The fourth-order valence-electron chi connectivity index (χ4n) is 0.0582. The number of hydrogen-bond donors (Lipinski definition) is 2. The molecule has 0 fully saturated rings. The second-order valence-electron chi connectivity index (χ2n) is 0.919. The Morgan fingerprint density at radius 3 is 2.14 bits per heavy atom. The molecule has 0 aliphatic heterocycles. The van der Waals surface area contributed by atoms with Gasteiger partial charge in [0, 0.05) is 0 Å². The molecule has 0 aromatic rings. The molecule has 0 aliphatic rings. The summed E-state index contributed by atoms with van der Waals surface area (Å²) in [5.41, 5.74) is 0. The number of carboxylic acids is 1. The van der Waals surface area contributed by atoms with Gasteiger partial charge >= 0.3 is 5.97 Å². The van der Waals surface area contributed by atoms with Gasteiger partial charge in [0.05, 0.1) is 0 Å². The Bertz CT molecular complexity index is 86.9. The Labute approximate surface area is 39.4 Å². The number of aliphatic carboxylic acids is 1. The van der Waals surface area contributed by atoms with E-state index in [2.05, 4.69) is 0 Å². The Morgan fingerprint density at radius 1 is 1.71 bits per heavy atom. The first-order valence-corrected chi connectivity index (χ1v) is 1.54. The minimum atomic E-state index is -1.86. The smallest absolute Gasteiger partial charge is 0.340 e. The molecule has 4 nitrogen and oxygen atoms in total. The van der Waals surface area contributed by atoms with E-state index in [0.29, 0.717) is 0 Å². The number of aldehydes is 1. The summed E-state index contributed by atoms with van der Waals surface area (Å²) in [6, 6.07) is 0. The third-order valence-electron chi connectivity index (χ3n) is 0.382. The van der Waals surface area contributed by atoms with Gasteiger partial charge in [-0.3, -0.25) is 4.79 Å². The van der Waals surface area contributed by atoms with E-state index in [1.807, 2.05) is 0 Å². The number of hydrogen-bond acceptors (Lipinski definition) is 3. The highest BCUT2D eigenvalue weighted by molar-refractivity contribution is 5.88. The van der Waals surface area contributed by atoms with E-state index in [-0.39, 0.29) is 6.29 Å². The van der Waals surface area contributed by atoms with Crippen LogP contribution in [-0.4, -0.2) is 28.6 Å². The summed E-state index contributed by atoms with van der Waals surface area (Å²) in [4.78, 5) is 18.8. The first-order chi connectivity index (χ1) is 3.18. The lowest BCUT2D eigenvalue weighted by Crippen LogP contribution is -2.20. The van der Waals surface area contributed by atoms with Crippen LogP contribution in [0.1, 0.15) is 0 Å². The third-order valence-corrected chi connectivity index (χ3v) is 0.382. The second-order valence-corrected chi connectivity index (χ2v) is 0.919. The third kappa shape index (κ3) is 1.88. The van der Waals surface area contributed by atoms with Gasteiger partial charge in [-0.15, -0.1) is 0 Å². The molecule has 4 heteroatoms. The normalized spacial score (nSPS) is 12.7. The zero-order chi connectivity index (χ0) is 5.86. The van der Waals surface area contributed by atoms with E-state index in [9.17, 15) is 9.59 Å². The van der Waals surface area contributed by atoms with Gasteiger partial charge in [-0.1, -0.05) is 0 Å². The second kappa shape index (κ2) is 2.30. The quantitative estimate of drug-likeness (QED) is 0.335. The molecule has 0 aromatic carbocycles. The molecule has 0 heterocycles. The van der Waals surface area contributed by atoms with Gasteiger partial charge < -0.3 is 10.2 Å². The van der Waals surface area contributed by atoms with Gasteiger partial charge in [0.15, 0.2) is 6.29 Å². The lowest BCUT2D eigenvalue weighted by Gasteiger charge is -1.88. The van der Waals surface area contributed by atoms with Crippen molar-refractivity contribution in [2.75, 3.05) is 0 Å². The molecule has 40 valence electrons. The van der Waals surface area contributed by atoms with Gasteiger partial charge in [-0.25, -0.2) is 4.79 Å². The highest BCUT2D eigenvalue weighted by Crippen LogP contribution is 1.71. The van der Waals surface area contributed by atoms with Crippen molar-refractivity contribution in [3.63, 3.8) is 0 Å². The average Bonchev–Trinajstić information content (AvgIpc) is 1.65. The Hall–Kier alpha value is -0.900. The minimum Gasteiger partial charge on any atom is -0.479 e. The Kier molecular flexibility index (Phi) is 2.01. The highest BCUT2D eigenvalue weighted by atomic mass is 16.4. The van der Waals surface area contributed by atoms with Crippen molar-refractivity contribution in [3.8, 4) is 0 Å². The predicted octanol–water partition coefficient (Wildman–Crippen LogP) is -1.37. The van der Waals surface area contributed by atoms with Crippen LogP contribution in [0.25, 0.3) is 0 Å². The monoisotopic (exact) mass is 104 g/mol. The summed E-state index contributed by atoms with van der Waals surface area (Å²) in [5, 5.41) is 15.7. The van der Waals surface area contributed by atoms with Crippen LogP contribution in [0, 0.1) is 0 Å². The van der Waals surface area contributed by atoms with Crippen LogP contribution >= 0.6 is 0 Å². The molecule has 2 N–H and O–H groups in total. The molecule has 0 bridgehead atoms. The lowest BCUT2D eigenvalue weighted by molar-refractivity contribution is -0.148. The largest absolute Gasteiger partial charge is 0.479 e. The van der Waals surface area contributed by atoms with E-state index in [1.165, 1.54) is 0 Å². The highest BCUT2D eigenvalue weighted by Gasteiger charge is 2.08. The van der Waals surface area contributed by atoms with Crippen molar-refractivity contribution in [1.29, 1.82) is 0 Å². The van der Waals surface area contributed by atoms with E-state index in [0.717, 1.165) is 0 Å². The molecule has 7 heavy (non-hydrogen) atoms. The topological polar surface area (TPSA) is 74.6 Å². The molecule has 0 saturated heterocycles. The van der Waals surface area contributed by atoms with Gasteiger partial charge in [0.2, 0.25) is 6.10 Å². The maximum Gasteiger partial charge on any atom is 0.340 e. The average molecular weight is 104 g/mol. The molecule has 0 spiro atoms. The van der Waals surface area contributed by atoms with E-state index < -0.39 is 12.1 Å². The summed E-state index contributed by atoms with van der Waals surface area (Å²) < 4.78 is 0. The number of carbonyl (C=O) groups excluding carboxylic acids is 1. The van der Waals surface area contributed by atoms with Gasteiger partial charge in [-0.2, -0.15) is 0 Å². The molecule has 1 atom stereocenters. The van der Waals surface area contributed by atoms with Crippen molar-refractivity contribution in [2.45, 2.75) is 6.10 Å². The predicted molar refractivity (Wildman–Crippen MR) is 19.7 cm³/mol. The molecule has 0 aliphatic carbocycles. The van der Waals surface area contributed by atoms with E-state index in [1.54, 1.807) is 0 Å². The zero-order valence-electron chi connectivity index (χ0n) is 3.37. The van der Waals surface area contributed by atoms with Crippen LogP contribution < -0.4 is 0 Å². The van der Waals surface area contributed by atoms with Crippen LogP contribution in [0.5, 0.6) is 0 Å². The molecule has 0 saturated carbocycles. The maximum atomic E-state index is 9.45. The summed E-state index contributed by atoms with van der Waals surface area (Å²) in [7, 11) is 0. The van der Waals surface area contributed by atoms with Crippen molar-refractivity contribution in [1.82, 2.24) is 0 Å². The number of carboxylic acid groups (broad SMARTS) is 1. The minimum absolute atomic E-state index is 0.0532. The summed E-state index contributed by atoms with van der Waals surface area (Å²) >= 11 is 0. The summed E-state index contributed by atoms with van der Waals surface area (Å²) in [6.45, 7) is 0. The molecular formula is C3H4O4. The number of aliphatic hydroxyl groups excluding tert-OH is 1. The standard InChI is InChI=1S/C3H4O4/c4-1-2(5)3(6)7/h1-2,5H,(H,6,7). The number of carbonyl (C=O) groups is 2. The van der Waals surface area contributed by atoms with Crippen molar-refractivity contribution < 1.29 is 19.8 Å². The Balaban J connectivity index is 3.55. The van der Waals surface area contributed by atoms with Crippen molar-refractivity contribution in [3.05, 3.63) is 0 Å². The molecule has 0 amide bonds. The summed E-state index contributed by atoms with van der Waals surface area (Å²) in [5.74, 6) is -1.52. The van der Waals surface area contributed by atoms with Gasteiger partial charge in [0.25, 0.3) is 0 Å². The lowest BCUT2D eigenvalue weighted by atomic mass is 10.4. The first-order valence-electron chi connectivity index (χ1n) is 1.54. The molecule has 1 unspecified atom stereocenters. The van der Waals surface area contributed by atoms with Crippen LogP contribution in [0.4, 0.5) is 0 Å². The van der Waals surface area contributed by atoms with Crippen LogP contribution in [-0.2, 0) is 9.59 Å². The number of aliphatic hydroxyl groups is 1. The van der Waals surface area contributed by atoms with Crippen molar-refractivity contribution >= 4 is 12.3 Å². The Morgan fingerprint density at radius 2 is 2.14 bits per heavy atom. The van der Waals surface area contributed by atoms with Crippen LogP contribution in [0.15, 0.2) is 0 Å². The maximum absolute atomic E-state index is 9.45. The fraction of sp³-hybridized carbons (Fsp3) is 0.333. The SMILES string of the molecule is O=CC(O)C(=O)O. The fourth-order valence-corrected chi connectivity index (χ4v) is 0.0582. The molecule has 0 rings (SSSR count). The molecule has 0 radical (unpaired) electrons. The number of rotatable bonds is 2. The van der Waals surface area contributed by atoms with Crippen LogP contribution in [0.2, 0.25) is 0 Å².